The van der Waals surface area contributed by atoms with Crippen LogP contribution in [0.3, 0.4) is 0 Å². The van der Waals surface area contributed by atoms with Gasteiger partial charge in [-0.2, -0.15) is 0 Å². The number of likely N-dealkylation sites (tertiary alicyclic amines) is 1. The fourth-order valence-corrected chi connectivity index (χ4v) is 3.12. The molecule has 1 aliphatic carbocycles. The number of aliphatic carboxylic acids is 1. The highest BCUT2D eigenvalue weighted by Gasteiger charge is 2.42. The molecule has 2 rings (SSSR count). The summed E-state index contributed by atoms with van der Waals surface area (Å²) in [6.45, 7) is 5.47. The van der Waals surface area contributed by atoms with Crippen molar-refractivity contribution in [3.63, 3.8) is 0 Å². The van der Waals surface area contributed by atoms with Gasteiger partial charge in [-0.15, -0.1) is 0 Å². The highest BCUT2D eigenvalue weighted by molar-refractivity contribution is 5.79. The molecule has 5 heteroatoms. The molecule has 5 nitrogen and oxygen atoms in total. The van der Waals surface area contributed by atoms with Gasteiger partial charge < -0.3 is 15.3 Å². The van der Waals surface area contributed by atoms with Crippen molar-refractivity contribution in [3.05, 3.63) is 0 Å². The number of nitrogens with one attached hydrogen (secondary N) is 1. The van der Waals surface area contributed by atoms with Crippen LogP contribution in [0.25, 0.3) is 0 Å². The van der Waals surface area contributed by atoms with Crippen molar-refractivity contribution < 1.29 is 14.7 Å². The number of nitrogens with zero attached hydrogens (tertiary/aromatic N) is 1. The van der Waals surface area contributed by atoms with E-state index in [1.54, 1.807) is 11.8 Å². The molecule has 2 fully saturated rings. The predicted octanol–water partition coefficient (Wildman–Crippen LogP) is 2.07. The maximum atomic E-state index is 12.1. The highest BCUT2D eigenvalue weighted by atomic mass is 16.4. The van der Waals surface area contributed by atoms with Crippen LogP contribution in [-0.2, 0) is 4.79 Å². The Morgan fingerprint density at radius 1 is 1.21 bits per heavy atom. The molecule has 2 N–H and O–H groups in total. The van der Waals surface area contributed by atoms with E-state index in [9.17, 15) is 9.59 Å². The van der Waals surface area contributed by atoms with Gasteiger partial charge in [-0.05, 0) is 31.6 Å². The third-order valence-corrected chi connectivity index (χ3v) is 4.75. The molecular formula is C14H24N2O3. The summed E-state index contributed by atoms with van der Waals surface area (Å²) in [7, 11) is 0. The third kappa shape index (κ3) is 3.01. The molecule has 1 unspecified atom stereocenters. The van der Waals surface area contributed by atoms with E-state index in [0.29, 0.717) is 26.1 Å². The van der Waals surface area contributed by atoms with E-state index in [0.717, 1.165) is 0 Å². The zero-order valence-corrected chi connectivity index (χ0v) is 11.9. The van der Waals surface area contributed by atoms with E-state index in [4.69, 9.17) is 5.11 Å². The van der Waals surface area contributed by atoms with Gasteiger partial charge in [-0.1, -0.05) is 19.8 Å². The van der Waals surface area contributed by atoms with Crippen molar-refractivity contribution in [2.45, 2.75) is 46.0 Å². The number of urea groups is 1. The minimum atomic E-state index is -0.814. The SMILES string of the molecule is CC1(CNC(=O)N2CCC(C)(C(=O)O)C2)CCCC1. The summed E-state index contributed by atoms with van der Waals surface area (Å²) in [6.07, 6.45) is 5.35. The Kier molecular flexibility index (Phi) is 3.74. The summed E-state index contributed by atoms with van der Waals surface area (Å²) < 4.78 is 0. The molecule has 2 amide bonds. The smallest absolute Gasteiger partial charge is 0.317 e. The van der Waals surface area contributed by atoms with Crippen LogP contribution in [0.2, 0.25) is 0 Å². The van der Waals surface area contributed by atoms with Gasteiger partial charge in [0.05, 0.1) is 5.41 Å². The molecule has 1 atom stereocenters. The Morgan fingerprint density at radius 3 is 2.37 bits per heavy atom. The Hall–Kier alpha value is -1.26. The molecule has 1 aliphatic heterocycles. The lowest BCUT2D eigenvalue weighted by Gasteiger charge is -2.26. The molecule has 2 aliphatic rings. The maximum absolute atomic E-state index is 12.1. The second-order valence-electron chi connectivity index (χ2n) is 6.71. The van der Waals surface area contributed by atoms with Crippen molar-refractivity contribution in [1.29, 1.82) is 0 Å². The molecule has 1 saturated heterocycles. The number of rotatable bonds is 3. The molecule has 0 aromatic rings. The fraction of sp³-hybridized carbons (Fsp3) is 0.857. The standard InChI is InChI=1S/C14H24N2O3/c1-13(5-3-4-6-13)9-15-12(19)16-8-7-14(2,10-16)11(17)18/h3-10H2,1-2H3,(H,15,19)(H,17,18). The Balaban J connectivity index is 1.83. The molecule has 19 heavy (non-hydrogen) atoms. The van der Waals surface area contributed by atoms with E-state index < -0.39 is 11.4 Å². The monoisotopic (exact) mass is 268 g/mol. The van der Waals surface area contributed by atoms with E-state index in [2.05, 4.69) is 12.2 Å². The van der Waals surface area contributed by atoms with Gasteiger partial charge in [0.15, 0.2) is 0 Å². The summed E-state index contributed by atoms with van der Waals surface area (Å²) in [4.78, 5) is 24.9. The number of carbonyl (C=O) groups is 2. The van der Waals surface area contributed by atoms with Gasteiger partial charge in [0, 0.05) is 19.6 Å². The molecule has 0 spiro atoms. The topological polar surface area (TPSA) is 69.6 Å². The normalized spacial score (nSPS) is 29.5. The van der Waals surface area contributed by atoms with Crippen LogP contribution in [0.15, 0.2) is 0 Å². The Bertz CT molecular complexity index is 377. The Labute approximate surface area is 114 Å². The first-order valence-electron chi connectivity index (χ1n) is 7.11. The number of carboxylic acids is 1. The van der Waals surface area contributed by atoms with Crippen LogP contribution in [0.5, 0.6) is 0 Å². The molecule has 1 heterocycles. The third-order valence-electron chi connectivity index (χ3n) is 4.75. The average molecular weight is 268 g/mol. The fourth-order valence-electron chi connectivity index (χ4n) is 3.12. The summed E-state index contributed by atoms with van der Waals surface area (Å²) in [5.41, 5.74) is -0.555. The van der Waals surface area contributed by atoms with Gasteiger partial charge in [0.2, 0.25) is 0 Å². The van der Waals surface area contributed by atoms with Crippen molar-refractivity contribution in [2.24, 2.45) is 10.8 Å². The second kappa shape index (κ2) is 5.02. The lowest BCUT2D eigenvalue weighted by Crippen LogP contribution is -2.44. The van der Waals surface area contributed by atoms with Crippen LogP contribution in [-0.4, -0.2) is 41.6 Å². The number of carbonyl (C=O) groups excluding carboxylic acids is 1. The molecular weight excluding hydrogens is 244 g/mol. The van der Waals surface area contributed by atoms with E-state index in [-0.39, 0.29) is 11.4 Å². The van der Waals surface area contributed by atoms with Gasteiger partial charge >= 0.3 is 12.0 Å². The quantitative estimate of drug-likeness (QED) is 0.823. The second-order valence-corrected chi connectivity index (χ2v) is 6.71. The van der Waals surface area contributed by atoms with Crippen molar-refractivity contribution >= 4 is 12.0 Å². The zero-order valence-electron chi connectivity index (χ0n) is 11.9. The van der Waals surface area contributed by atoms with Gasteiger partial charge in [-0.3, -0.25) is 4.79 Å². The molecule has 108 valence electrons. The number of hydrogen-bond donors (Lipinski definition) is 2. The summed E-state index contributed by atoms with van der Waals surface area (Å²) in [6, 6.07) is -0.113. The van der Waals surface area contributed by atoms with Crippen LogP contribution < -0.4 is 5.32 Å². The number of amides is 2. The molecule has 0 radical (unpaired) electrons. The molecule has 1 saturated carbocycles. The number of hydrogen-bond acceptors (Lipinski definition) is 2. The first kappa shape index (κ1) is 14.2. The first-order valence-corrected chi connectivity index (χ1v) is 7.11. The minimum Gasteiger partial charge on any atom is -0.481 e. The molecule has 0 aromatic carbocycles. The van der Waals surface area contributed by atoms with Gasteiger partial charge in [-0.25, -0.2) is 4.79 Å². The first-order chi connectivity index (χ1) is 8.85. The van der Waals surface area contributed by atoms with Crippen LogP contribution in [0.4, 0.5) is 4.79 Å². The summed E-state index contributed by atoms with van der Waals surface area (Å²) >= 11 is 0. The lowest BCUT2D eigenvalue weighted by molar-refractivity contribution is -0.147. The Morgan fingerprint density at radius 2 is 1.84 bits per heavy atom. The van der Waals surface area contributed by atoms with Crippen LogP contribution in [0.1, 0.15) is 46.0 Å². The average Bonchev–Trinajstić information content (AvgIpc) is 2.95. The lowest BCUT2D eigenvalue weighted by atomic mass is 9.89. The minimum absolute atomic E-state index is 0.113. The van der Waals surface area contributed by atoms with Crippen molar-refractivity contribution in [2.75, 3.05) is 19.6 Å². The van der Waals surface area contributed by atoms with E-state index in [1.807, 2.05) is 0 Å². The van der Waals surface area contributed by atoms with Gasteiger partial charge in [0.1, 0.15) is 0 Å². The summed E-state index contributed by atoms with van der Waals surface area (Å²) in [5, 5.41) is 12.1. The maximum Gasteiger partial charge on any atom is 0.317 e. The van der Waals surface area contributed by atoms with Crippen LogP contribution in [0, 0.1) is 10.8 Å². The molecule has 0 aromatic heterocycles. The van der Waals surface area contributed by atoms with Crippen LogP contribution >= 0.6 is 0 Å². The largest absolute Gasteiger partial charge is 0.481 e. The molecule has 0 bridgehead atoms. The van der Waals surface area contributed by atoms with Crippen molar-refractivity contribution in [3.8, 4) is 0 Å². The zero-order chi connectivity index (χ0) is 14.1. The van der Waals surface area contributed by atoms with Gasteiger partial charge in [0.25, 0.3) is 0 Å². The highest BCUT2D eigenvalue weighted by Crippen LogP contribution is 2.37. The van der Waals surface area contributed by atoms with E-state index >= 15 is 0 Å². The number of carboxylic acid groups (broad SMARTS) is 1. The predicted molar refractivity (Wildman–Crippen MR) is 71.9 cm³/mol. The van der Waals surface area contributed by atoms with E-state index in [1.165, 1.54) is 25.7 Å². The summed E-state index contributed by atoms with van der Waals surface area (Å²) in [5.74, 6) is -0.814. The van der Waals surface area contributed by atoms with Crippen molar-refractivity contribution in [1.82, 2.24) is 10.2 Å².